The van der Waals surface area contributed by atoms with Crippen molar-refractivity contribution >= 4 is 0 Å². The van der Waals surface area contributed by atoms with Gasteiger partial charge in [0.15, 0.2) is 0 Å². The van der Waals surface area contributed by atoms with Crippen LogP contribution in [-0.2, 0) is 6.54 Å². The largest absolute Gasteiger partial charge is 0.354 e. The highest BCUT2D eigenvalue weighted by Crippen LogP contribution is 2.12. The standard InChI is InChI=1S/C12H23N3/c1-11(13-2)12-6-9-15(10-12)8-5-7-14(3)4/h6,9-11,13H,5,7-8H2,1-4H3. The maximum Gasteiger partial charge on any atom is 0.0304 e. The average Bonchev–Trinajstić information content (AvgIpc) is 2.65. The van der Waals surface area contributed by atoms with E-state index in [1.807, 2.05) is 7.05 Å². The van der Waals surface area contributed by atoms with E-state index in [0.717, 1.165) is 13.1 Å². The Morgan fingerprint density at radius 3 is 2.80 bits per heavy atom. The lowest BCUT2D eigenvalue weighted by Gasteiger charge is -2.10. The van der Waals surface area contributed by atoms with Gasteiger partial charge in [-0.05, 0) is 52.7 Å². The van der Waals surface area contributed by atoms with Crippen LogP contribution in [0.2, 0.25) is 0 Å². The molecule has 1 aromatic heterocycles. The minimum Gasteiger partial charge on any atom is -0.354 e. The summed E-state index contributed by atoms with van der Waals surface area (Å²) < 4.78 is 2.27. The molecule has 86 valence electrons. The van der Waals surface area contributed by atoms with Gasteiger partial charge in [-0.3, -0.25) is 0 Å². The molecule has 0 saturated carbocycles. The molecule has 0 radical (unpaired) electrons. The summed E-state index contributed by atoms with van der Waals surface area (Å²) in [5.41, 5.74) is 1.36. The predicted molar refractivity (Wildman–Crippen MR) is 65.1 cm³/mol. The number of aromatic nitrogens is 1. The van der Waals surface area contributed by atoms with Gasteiger partial charge >= 0.3 is 0 Å². The van der Waals surface area contributed by atoms with Gasteiger partial charge in [-0.1, -0.05) is 0 Å². The van der Waals surface area contributed by atoms with Crippen LogP contribution in [0.15, 0.2) is 18.5 Å². The smallest absolute Gasteiger partial charge is 0.0304 e. The van der Waals surface area contributed by atoms with Crippen molar-refractivity contribution in [1.82, 2.24) is 14.8 Å². The van der Waals surface area contributed by atoms with Crippen LogP contribution < -0.4 is 5.32 Å². The quantitative estimate of drug-likeness (QED) is 0.770. The molecule has 0 bridgehead atoms. The Labute approximate surface area is 93.1 Å². The molecule has 1 aromatic rings. The van der Waals surface area contributed by atoms with Gasteiger partial charge in [0.1, 0.15) is 0 Å². The number of hydrogen-bond acceptors (Lipinski definition) is 2. The van der Waals surface area contributed by atoms with Gasteiger partial charge < -0.3 is 14.8 Å². The van der Waals surface area contributed by atoms with Gasteiger partial charge in [-0.25, -0.2) is 0 Å². The molecule has 0 amide bonds. The van der Waals surface area contributed by atoms with Crippen LogP contribution in [0.3, 0.4) is 0 Å². The zero-order chi connectivity index (χ0) is 11.3. The highest BCUT2D eigenvalue weighted by atomic mass is 15.1. The lowest BCUT2D eigenvalue weighted by Crippen LogP contribution is -2.14. The summed E-state index contributed by atoms with van der Waals surface area (Å²) in [6, 6.07) is 2.64. The average molecular weight is 209 g/mol. The summed E-state index contributed by atoms with van der Waals surface area (Å²) in [7, 11) is 6.22. The molecule has 0 aliphatic carbocycles. The van der Waals surface area contributed by atoms with E-state index in [4.69, 9.17) is 0 Å². The number of hydrogen-bond donors (Lipinski definition) is 1. The topological polar surface area (TPSA) is 20.2 Å². The Morgan fingerprint density at radius 2 is 2.20 bits per heavy atom. The molecule has 0 saturated heterocycles. The molecule has 3 nitrogen and oxygen atoms in total. The van der Waals surface area contributed by atoms with Gasteiger partial charge in [0.2, 0.25) is 0 Å². The van der Waals surface area contributed by atoms with Crippen LogP contribution >= 0.6 is 0 Å². The molecular weight excluding hydrogens is 186 g/mol. The fourth-order valence-corrected chi connectivity index (χ4v) is 1.59. The first-order chi connectivity index (χ1) is 7.13. The Kier molecular flexibility index (Phi) is 4.85. The van der Waals surface area contributed by atoms with Crippen LogP contribution in [0.4, 0.5) is 0 Å². The summed E-state index contributed by atoms with van der Waals surface area (Å²) in [4.78, 5) is 2.22. The van der Waals surface area contributed by atoms with Crippen molar-refractivity contribution in [3.05, 3.63) is 24.0 Å². The van der Waals surface area contributed by atoms with E-state index in [2.05, 4.69) is 54.3 Å². The normalized spacial score (nSPS) is 13.4. The first kappa shape index (κ1) is 12.3. The number of rotatable bonds is 6. The molecule has 0 aliphatic heterocycles. The molecule has 1 heterocycles. The molecule has 0 aliphatic rings. The number of aryl methyl sites for hydroxylation is 1. The maximum atomic E-state index is 3.25. The van der Waals surface area contributed by atoms with Crippen molar-refractivity contribution in [2.24, 2.45) is 0 Å². The van der Waals surface area contributed by atoms with Gasteiger partial charge in [0.05, 0.1) is 0 Å². The maximum absolute atomic E-state index is 3.25. The monoisotopic (exact) mass is 209 g/mol. The highest BCUT2D eigenvalue weighted by molar-refractivity contribution is 5.14. The summed E-state index contributed by atoms with van der Waals surface area (Å²) in [5.74, 6) is 0. The Hall–Kier alpha value is -0.800. The zero-order valence-electron chi connectivity index (χ0n) is 10.3. The molecule has 15 heavy (non-hydrogen) atoms. The van der Waals surface area contributed by atoms with Crippen molar-refractivity contribution in [3.63, 3.8) is 0 Å². The van der Waals surface area contributed by atoms with Crippen LogP contribution in [0.5, 0.6) is 0 Å². The second-order valence-corrected chi connectivity index (χ2v) is 4.35. The molecule has 1 unspecified atom stereocenters. The molecule has 1 rings (SSSR count). The Morgan fingerprint density at radius 1 is 1.47 bits per heavy atom. The van der Waals surface area contributed by atoms with Crippen LogP contribution in [-0.4, -0.2) is 37.2 Å². The van der Waals surface area contributed by atoms with Gasteiger partial charge in [-0.15, -0.1) is 0 Å². The van der Waals surface area contributed by atoms with Crippen molar-refractivity contribution in [3.8, 4) is 0 Å². The third kappa shape index (κ3) is 4.06. The zero-order valence-corrected chi connectivity index (χ0v) is 10.3. The fourth-order valence-electron chi connectivity index (χ4n) is 1.59. The molecule has 1 atom stereocenters. The van der Waals surface area contributed by atoms with E-state index in [0.29, 0.717) is 6.04 Å². The first-order valence-electron chi connectivity index (χ1n) is 5.61. The van der Waals surface area contributed by atoms with Gasteiger partial charge in [0.25, 0.3) is 0 Å². The van der Waals surface area contributed by atoms with Crippen LogP contribution in [0.25, 0.3) is 0 Å². The molecular formula is C12H23N3. The first-order valence-corrected chi connectivity index (χ1v) is 5.61. The van der Waals surface area contributed by atoms with Gasteiger partial charge in [0, 0.05) is 25.0 Å². The van der Waals surface area contributed by atoms with E-state index in [9.17, 15) is 0 Å². The second-order valence-electron chi connectivity index (χ2n) is 4.35. The Bertz CT molecular complexity index is 278. The molecule has 0 fully saturated rings. The summed E-state index contributed by atoms with van der Waals surface area (Å²) in [6.45, 7) is 4.43. The molecule has 3 heteroatoms. The molecule has 0 aromatic carbocycles. The van der Waals surface area contributed by atoms with E-state index in [1.54, 1.807) is 0 Å². The minimum atomic E-state index is 0.445. The third-order valence-electron chi connectivity index (χ3n) is 2.73. The lowest BCUT2D eigenvalue weighted by atomic mass is 10.2. The van der Waals surface area contributed by atoms with E-state index in [-0.39, 0.29) is 0 Å². The lowest BCUT2D eigenvalue weighted by molar-refractivity contribution is 0.386. The summed E-state index contributed by atoms with van der Waals surface area (Å²) in [6.07, 6.45) is 5.60. The third-order valence-corrected chi connectivity index (χ3v) is 2.73. The predicted octanol–water partition coefficient (Wildman–Crippen LogP) is 1.72. The van der Waals surface area contributed by atoms with E-state index >= 15 is 0 Å². The SMILES string of the molecule is CNC(C)c1ccn(CCCN(C)C)c1. The number of nitrogens with one attached hydrogen (secondary N) is 1. The summed E-state index contributed by atoms with van der Waals surface area (Å²) in [5, 5.41) is 3.25. The molecule has 1 N–H and O–H groups in total. The number of nitrogens with zero attached hydrogens (tertiary/aromatic N) is 2. The van der Waals surface area contributed by atoms with Crippen molar-refractivity contribution in [2.45, 2.75) is 25.9 Å². The van der Waals surface area contributed by atoms with Crippen LogP contribution in [0, 0.1) is 0 Å². The fraction of sp³-hybridized carbons (Fsp3) is 0.667. The molecule has 0 spiro atoms. The Balaban J connectivity index is 2.39. The highest BCUT2D eigenvalue weighted by Gasteiger charge is 2.03. The second kappa shape index (κ2) is 5.93. The van der Waals surface area contributed by atoms with E-state index < -0.39 is 0 Å². The van der Waals surface area contributed by atoms with Gasteiger partial charge in [-0.2, -0.15) is 0 Å². The van der Waals surface area contributed by atoms with Crippen molar-refractivity contribution < 1.29 is 0 Å². The summed E-state index contributed by atoms with van der Waals surface area (Å²) >= 11 is 0. The van der Waals surface area contributed by atoms with Crippen molar-refractivity contribution in [2.75, 3.05) is 27.7 Å². The van der Waals surface area contributed by atoms with Crippen molar-refractivity contribution in [1.29, 1.82) is 0 Å². The van der Waals surface area contributed by atoms with E-state index in [1.165, 1.54) is 12.0 Å². The van der Waals surface area contributed by atoms with Crippen LogP contribution in [0.1, 0.15) is 24.9 Å². The minimum absolute atomic E-state index is 0.445.